The van der Waals surface area contributed by atoms with E-state index in [0.717, 1.165) is 60.7 Å². The number of hydrogen-bond donors (Lipinski definition) is 8. The van der Waals surface area contributed by atoms with Crippen LogP contribution in [0.25, 0.3) is 12.2 Å². The van der Waals surface area contributed by atoms with E-state index in [0.29, 0.717) is 0 Å². The molecule has 28 nitrogen and oxygen atoms in total. The van der Waals surface area contributed by atoms with Gasteiger partial charge in [-0.2, -0.15) is 29.9 Å². The summed E-state index contributed by atoms with van der Waals surface area (Å²) in [6, 6.07) is 16.1. The van der Waals surface area contributed by atoms with Crippen LogP contribution in [0.2, 0.25) is 0 Å². The molecule has 0 aliphatic carbocycles. The van der Waals surface area contributed by atoms with Crippen LogP contribution in [0, 0.1) is 0 Å². The summed E-state index contributed by atoms with van der Waals surface area (Å²) >= 11 is 0. The first-order valence-corrected chi connectivity index (χ1v) is 26.1. The number of aliphatic hydroxyl groups is 4. The number of rotatable bonds is 24. The first kappa shape index (κ1) is 61.5. The second-order valence-corrected chi connectivity index (χ2v) is 20.1. The van der Waals surface area contributed by atoms with Crippen molar-refractivity contribution in [1.29, 1.82) is 0 Å². The van der Waals surface area contributed by atoms with E-state index in [4.69, 9.17) is 0 Å². The smallest absolute Gasteiger partial charge is 0.744 e. The Kier molecular flexibility index (Phi) is 22.1. The minimum absolute atomic E-state index is 0. The molecule has 0 saturated carbocycles. The van der Waals surface area contributed by atoms with Crippen LogP contribution >= 0.6 is 0 Å². The molecule has 0 aliphatic heterocycles. The van der Waals surface area contributed by atoms with Crippen LogP contribution in [0.3, 0.4) is 0 Å². The normalized spacial score (nSPS) is 11.8. The summed E-state index contributed by atoms with van der Waals surface area (Å²) in [7, 11) is -20.4. The molecule has 0 saturated heterocycles. The van der Waals surface area contributed by atoms with Crippen molar-refractivity contribution < 1.29 is 131 Å². The maximum Gasteiger partial charge on any atom is 1.00 e. The van der Waals surface area contributed by atoms with Crippen LogP contribution in [-0.4, -0.2) is 155 Å². The number of nitrogens with zero attached hydrogens (tertiary/aromatic N) is 8. The largest absolute Gasteiger partial charge is 1.00 e. The molecule has 0 aliphatic rings. The number of nitrogens with one attached hydrogen (secondary N) is 4. The molecular weight excluding hydrogens is 1080 g/mol. The van der Waals surface area contributed by atoms with Crippen molar-refractivity contribution in [2.24, 2.45) is 0 Å². The fourth-order valence-corrected chi connectivity index (χ4v) is 8.85. The third kappa shape index (κ3) is 17.2. The van der Waals surface area contributed by atoms with Crippen LogP contribution in [0.1, 0.15) is 11.1 Å². The zero-order valence-corrected chi connectivity index (χ0v) is 46.1. The number of hydrogen-bond acceptors (Lipinski definition) is 28. The van der Waals surface area contributed by atoms with Gasteiger partial charge in [0.25, 0.3) is 0 Å². The maximum atomic E-state index is 12.6. The fraction of sp³-hybridized carbons (Fsp3) is 0.200. The molecule has 34 heteroatoms. The van der Waals surface area contributed by atoms with Gasteiger partial charge in [-0.3, -0.25) is 0 Å². The van der Waals surface area contributed by atoms with Gasteiger partial charge in [0.1, 0.15) is 40.5 Å². The van der Waals surface area contributed by atoms with Gasteiger partial charge in [-0.15, -0.1) is 0 Å². The second kappa shape index (κ2) is 26.6. The van der Waals surface area contributed by atoms with Crippen molar-refractivity contribution in [3.63, 3.8) is 0 Å². The van der Waals surface area contributed by atoms with Gasteiger partial charge in [0, 0.05) is 48.9 Å². The zero-order chi connectivity index (χ0) is 52.4. The predicted molar refractivity (Wildman–Crippen MR) is 252 cm³/mol. The van der Waals surface area contributed by atoms with E-state index in [9.17, 15) is 72.3 Å². The molecule has 0 unspecified atom stereocenters. The van der Waals surface area contributed by atoms with Crippen molar-refractivity contribution in [2.45, 2.75) is 19.6 Å². The Labute approximate surface area is 467 Å². The molecule has 8 N–H and O–H groups in total. The summed E-state index contributed by atoms with van der Waals surface area (Å²) in [6.45, 7) is -1.99. The van der Waals surface area contributed by atoms with E-state index in [-0.39, 0.29) is 155 Å². The van der Waals surface area contributed by atoms with Crippen molar-refractivity contribution in [3.05, 3.63) is 96.1 Å². The predicted octanol–water partition coefficient (Wildman–Crippen LogP) is -5.59. The van der Waals surface area contributed by atoms with E-state index >= 15 is 0 Å². The van der Waals surface area contributed by atoms with E-state index < -0.39 is 86.5 Å². The summed E-state index contributed by atoms with van der Waals surface area (Å²) in [5.74, 6) is -1.40. The van der Waals surface area contributed by atoms with Crippen molar-refractivity contribution in [2.75, 3.05) is 83.7 Å². The van der Waals surface area contributed by atoms with Crippen molar-refractivity contribution in [3.8, 4) is 0 Å². The maximum absolute atomic E-state index is 12.6. The summed E-state index contributed by atoms with van der Waals surface area (Å²) in [6.07, 6.45) is 2.10. The standard InChI is InChI=1S/C40H44N12O16S4.2Na/c53-17-13-51(14-18-54)39-47-35(41-27-3-1-5-31(21-27)69(57,58)59)45-37(49-39)43-29-11-9-25(33(23-29)71(63,64)65)7-8-26-10-12-30(24-34(26)72(66,67)68)44-38-46-36(48-40(50-38)52(15-19-55)16-20-56)42-28-4-2-6-32(22-28)70(60,61)62;;/h1-12,21-24,53-56H,13-20H2,(H,57,58,59)(H,60,61,62)(H,63,64,65)(H,66,67,68)(H2,41,43,45,47,49)(H2,42,44,46,48,50);;/q;2*+1/p-4. The van der Waals surface area contributed by atoms with Crippen molar-refractivity contribution >= 4 is 111 Å². The van der Waals surface area contributed by atoms with Crippen LogP contribution in [0.4, 0.5) is 58.4 Å². The van der Waals surface area contributed by atoms with Crippen LogP contribution in [-0.2, 0) is 40.5 Å². The number of aromatic nitrogens is 6. The average Bonchev–Trinajstić information content (AvgIpc) is 3.30. The van der Waals surface area contributed by atoms with E-state index in [1.165, 1.54) is 46.2 Å². The molecule has 2 aromatic heterocycles. The first-order valence-electron chi connectivity index (χ1n) is 20.5. The molecular formula is C40H40N12Na2O16S4-2. The average molecular weight is 1120 g/mol. The van der Waals surface area contributed by atoms with E-state index in [2.05, 4.69) is 51.2 Å². The molecule has 74 heavy (non-hydrogen) atoms. The molecule has 6 rings (SSSR count). The zero-order valence-electron chi connectivity index (χ0n) is 38.8. The van der Waals surface area contributed by atoms with Gasteiger partial charge in [-0.25, -0.2) is 33.7 Å². The number of aliphatic hydroxyl groups excluding tert-OH is 4. The minimum Gasteiger partial charge on any atom is -0.744 e. The monoisotopic (exact) mass is 1120 g/mol. The van der Waals surface area contributed by atoms with Crippen molar-refractivity contribution in [1.82, 2.24) is 29.9 Å². The first-order chi connectivity index (χ1) is 34.0. The molecule has 0 fully saturated rings. The molecule has 384 valence electrons. The molecule has 4 aromatic carbocycles. The van der Waals surface area contributed by atoms with Gasteiger partial charge >= 0.3 is 59.1 Å². The Morgan fingerprint density at radius 3 is 0.986 bits per heavy atom. The summed E-state index contributed by atoms with van der Waals surface area (Å²) in [4.78, 5) is 25.3. The van der Waals surface area contributed by atoms with Gasteiger partial charge in [0.05, 0.1) is 46.0 Å². The fourth-order valence-electron chi connectivity index (χ4n) is 6.43. The molecule has 0 amide bonds. The van der Waals surface area contributed by atoms with Crippen LogP contribution < -0.4 is 90.2 Å². The third-order valence-electron chi connectivity index (χ3n) is 9.57. The molecule has 0 atom stereocenters. The molecule has 6 aromatic rings. The Hall–Kier alpha value is -5.08. The second-order valence-electron chi connectivity index (χ2n) is 14.6. The Balaban J connectivity index is 0.00000593. The summed E-state index contributed by atoms with van der Waals surface area (Å²) in [5, 5.41) is 49.5. The molecule has 0 spiro atoms. The van der Waals surface area contributed by atoms with Crippen LogP contribution in [0.15, 0.2) is 105 Å². The van der Waals surface area contributed by atoms with Crippen LogP contribution in [0.5, 0.6) is 0 Å². The summed E-state index contributed by atoms with van der Waals surface area (Å²) in [5.41, 5.74) is -0.656. The quantitative estimate of drug-likeness (QED) is 0.0159. The van der Waals surface area contributed by atoms with E-state index in [1.807, 2.05) is 0 Å². The Morgan fingerprint density at radius 2 is 0.716 bits per heavy atom. The topological polar surface area (TPSA) is 442 Å². The number of benzene rings is 4. The number of anilines is 10. The minimum atomic E-state index is -5.31. The van der Waals surface area contributed by atoms with Gasteiger partial charge in [0.2, 0.25) is 35.7 Å². The van der Waals surface area contributed by atoms with Gasteiger partial charge in [0.15, 0.2) is 0 Å². The molecule has 0 bridgehead atoms. The molecule has 2 heterocycles. The van der Waals surface area contributed by atoms with Gasteiger partial charge < -0.3 is 69.7 Å². The SMILES string of the molecule is O=S(=O)([O-])c1cccc(Nc2nc(Nc3ccc(C=Cc4ccc(Nc5nc(Nc6cccc(S(=O)(=O)[O-])c6)nc(N(CCO)CCO)n5)cc4S(=O)(=O)[O-])c(S(=O)(=O)[O-])c3)nc(N(CCO)CCO)n2)c1.[Na+].[Na+]. The third-order valence-corrected chi connectivity index (χ3v) is 13.0. The Morgan fingerprint density at radius 1 is 0.419 bits per heavy atom. The van der Waals surface area contributed by atoms with E-state index in [1.54, 1.807) is 0 Å². The summed E-state index contributed by atoms with van der Waals surface area (Å²) < 4.78 is 146. The van der Waals surface area contributed by atoms with Gasteiger partial charge in [-0.05, 0) is 71.8 Å². The Bertz CT molecular complexity index is 3210. The molecule has 0 radical (unpaired) electrons. The van der Waals surface area contributed by atoms with Gasteiger partial charge in [-0.1, -0.05) is 36.4 Å².